The standard InChI is InChI=1S/C14H22N2O/c1-10-7-5-6-8-12(10)9-13(17)16-14(3,4)11(2)15/h5-8,11H,9,15H2,1-4H3,(H,16,17). The second kappa shape index (κ2) is 5.32. The highest BCUT2D eigenvalue weighted by Crippen LogP contribution is 2.10. The summed E-state index contributed by atoms with van der Waals surface area (Å²) in [6, 6.07) is 7.84. The van der Waals surface area contributed by atoms with Crippen molar-refractivity contribution in [2.75, 3.05) is 0 Å². The van der Waals surface area contributed by atoms with Crippen molar-refractivity contribution in [2.45, 2.75) is 45.7 Å². The molecule has 94 valence electrons. The summed E-state index contributed by atoms with van der Waals surface area (Å²) in [4.78, 5) is 11.9. The molecular weight excluding hydrogens is 212 g/mol. The molecule has 1 unspecified atom stereocenters. The van der Waals surface area contributed by atoms with Crippen LogP contribution in [0.5, 0.6) is 0 Å². The largest absolute Gasteiger partial charge is 0.349 e. The minimum atomic E-state index is -0.375. The Kier molecular flexibility index (Phi) is 4.29. The van der Waals surface area contributed by atoms with E-state index in [-0.39, 0.29) is 17.5 Å². The third kappa shape index (κ3) is 3.86. The Morgan fingerprint density at radius 2 is 2.00 bits per heavy atom. The molecule has 0 saturated heterocycles. The van der Waals surface area contributed by atoms with Gasteiger partial charge >= 0.3 is 0 Å². The second-order valence-electron chi connectivity index (χ2n) is 5.16. The summed E-state index contributed by atoms with van der Waals surface area (Å²) in [7, 11) is 0. The van der Waals surface area contributed by atoms with Crippen LogP contribution in [0.4, 0.5) is 0 Å². The second-order valence-corrected chi connectivity index (χ2v) is 5.16. The molecule has 0 aliphatic carbocycles. The molecule has 0 fully saturated rings. The number of nitrogens with two attached hydrogens (primary N) is 1. The van der Waals surface area contributed by atoms with E-state index in [9.17, 15) is 4.79 Å². The van der Waals surface area contributed by atoms with E-state index < -0.39 is 0 Å². The van der Waals surface area contributed by atoms with Crippen molar-refractivity contribution in [1.29, 1.82) is 0 Å². The number of nitrogens with one attached hydrogen (secondary N) is 1. The Labute approximate surface area is 103 Å². The third-order valence-electron chi connectivity index (χ3n) is 3.21. The van der Waals surface area contributed by atoms with Crippen LogP contribution < -0.4 is 11.1 Å². The monoisotopic (exact) mass is 234 g/mol. The van der Waals surface area contributed by atoms with E-state index >= 15 is 0 Å². The highest BCUT2D eigenvalue weighted by molar-refractivity contribution is 5.79. The molecule has 0 radical (unpaired) electrons. The van der Waals surface area contributed by atoms with Gasteiger partial charge in [0.15, 0.2) is 0 Å². The average molecular weight is 234 g/mol. The fraction of sp³-hybridized carbons (Fsp3) is 0.500. The maximum absolute atomic E-state index is 11.9. The van der Waals surface area contributed by atoms with E-state index in [2.05, 4.69) is 5.32 Å². The Morgan fingerprint density at radius 1 is 1.41 bits per heavy atom. The highest BCUT2D eigenvalue weighted by atomic mass is 16.1. The van der Waals surface area contributed by atoms with E-state index in [1.165, 1.54) is 0 Å². The van der Waals surface area contributed by atoms with Gasteiger partial charge in [0.25, 0.3) is 0 Å². The minimum Gasteiger partial charge on any atom is -0.349 e. The molecule has 0 spiro atoms. The molecule has 3 N–H and O–H groups in total. The number of benzene rings is 1. The van der Waals surface area contributed by atoms with Crippen molar-refractivity contribution in [3.8, 4) is 0 Å². The number of hydrogen-bond donors (Lipinski definition) is 2. The SMILES string of the molecule is Cc1ccccc1CC(=O)NC(C)(C)C(C)N. The van der Waals surface area contributed by atoms with Crippen LogP contribution in [0.25, 0.3) is 0 Å². The van der Waals surface area contributed by atoms with Crippen LogP contribution in [-0.2, 0) is 11.2 Å². The number of aryl methyl sites for hydroxylation is 1. The molecule has 1 aromatic carbocycles. The zero-order chi connectivity index (χ0) is 13.1. The molecule has 1 atom stereocenters. The molecule has 0 saturated carbocycles. The van der Waals surface area contributed by atoms with Crippen LogP contribution in [0.3, 0.4) is 0 Å². The van der Waals surface area contributed by atoms with Crippen molar-refractivity contribution in [3.05, 3.63) is 35.4 Å². The number of rotatable bonds is 4. The van der Waals surface area contributed by atoms with Crippen LogP contribution in [0.15, 0.2) is 24.3 Å². The van der Waals surface area contributed by atoms with Crippen LogP contribution in [-0.4, -0.2) is 17.5 Å². The Bertz CT molecular complexity index is 397. The van der Waals surface area contributed by atoms with E-state index in [1.807, 2.05) is 52.0 Å². The topological polar surface area (TPSA) is 55.1 Å². The predicted molar refractivity (Wildman–Crippen MR) is 70.8 cm³/mol. The highest BCUT2D eigenvalue weighted by Gasteiger charge is 2.24. The maximum atomic E-state index is 11.9. The van der Waals surface area contributed by atoms with Crippen LogP contribution in [0.1, 0.15) is 31.9 Å². The van der Waals surface area contributed by atoms with E-state index in [1.54, 1.807) is 0 Å². The van der Waals surface area contributed by atoms with Gasteiger partial charge in [-0.3, -0.25) is 4.79 Å². The van der Waals surface area contributed by atoms with Gasteiger partial charge in [-0.15, -0.1) is 0 Å². The quantitative estimate of drug-likeness (QED) is 0.834. The van der Waals surface area contributed by atoms with Gasteiger partial charge in [0, 0.05) is 11.6 Å². The Balaban J connectivity index is 2.66. The zero-order valence-corrected chi connectivity index (χ0v) is 11.1. The summed E-state index contributed by atoms with van der Waals surface area (Å²) in [5.41, 5.74) is 7.65. The fourth-order valence-corrected chi connectivity index (χ4v) is 1.50. The number of hydrogen-bond acceptors (Lipinski definition) is 2. The molecule has 0 aliphatic rings. The molecule has 1 rings (SSSR count). The van der Waals surface area contributed by atoms with Gasteiger partial charge in [-0.1, -0.05) is 24.3 Å². The average Bonchev–Trinajstić information content (AvgIpc) is 2.20. The molecule has 3 nitrogen and oxygen atoms in total. The molecule has 0 aromatic heterocycles. The summed E-state index contributed by atoms with van der Waals surface area (Å²) in [5.74, 6) is 0.0154. The van der Waals surface area contributed by atoms with Gasteiger partial charge in [-0.2, -0.15) is 0 Å². The molecule has 1 aromatic rings. The van der Waals surface area contributed by atoms with Crippen molar-refractivity contribution < 1.29 is 4.79 Å². The van der Waals surface area contributed by atoms with Crippen molar-refractivity contribution in [3.63, 3.8) is 0 Å². The van der Waals surface area contributed by atoms with Gasteiger partial charge in [-0.05, 0) is 38.8 Å². The van der Waals surface area contributed by atoms with Crippen molar-refractivity contribution in [2.24, 2.45) is 5.73 Å². The van der Waals surface area contributed by atoms with Crippen molar-refractivity contribution >= 4 is 5.91 Å². The normalized spacial score (nSPS) is 13.2. The van der Waals surface area contributed by atoms with Gasteiger partial charge in [0.1, 0.15) is 0 Å². The molecule has 0 heterocycles. The number of amides is 1. The first-order valence-corrected chi connectivity index (χ1v) is 5.94. The van der Waals surface area contributed by atoms with E-state index in [4.69, 9.17) is 5.73 Å². The predicted octanol–water partition coefficient (Wildman–Crippen LogP) is 1.78. The zero-order valence-electron chi connectivity index (χ0n) is 11.1. The van der Waals surface area contributed by atoms with E-state index in [0.717, 1.165) is 11.1 Å². The molecule has 0 aliphatic heterocycles. The molecule has 1 amide bonds. The van der Waals surface area contributed by atoms with Gasteiger partial charge < -0.3 is 11.1 Å². The molecule has 17 heavy (non-hydrogen) atoms. The van der Waals surface area contributed by atoms with Crippen LogP contribution in [0.2, 0.25) is 0 Å². The lowest BCUT2D eigenvalue weighted by molar-refractivity contribution is -0.122. The van der Waals surface area contributed by atoms with Gasteiger partial charge in [0.05, 0.1) is 6.42 Å². The number of carbonyl (C=O) groups excluding carboxylic acids is 1. The molecule has 3 heteroatoms. The Morgan fingerprint density at radius 3 is 2.53 bits per heavy atom. The smallest absolute Gasteiger partial charge is 0.224 e. The first kappa shape index (κ1) is 13.7. The summed E-state index contributed by atoms with van der Waals surface area (Å²) >= 11 is 0. The lowest BCUT2D eigenvalue weighted by atomic mass is 9.96. The van der Waals surface area contributed by atoms with Crippen molar-refractivity contribution in [1.82, 2.24) is 5.32 Å². The fourth-order valence-electron chi connectivity index (χ4n) is 1.50. The van der Waals surface area contributed by atoms with Crippen LogP contribution in [0, 0.1) is 6.92 Å². The Hall–Kier alpha value is -1.35. The molecule has 0 bridgehead atoms. The third-order valence-corrected chi connectivity index (χ3v) is 3.21. The minimum absolute atomic E-state index is 0.0154. The first-order chi connectivity index (χ1) is 7.83. The summed E-state index contributed by atoms with van der Waals surface area (Å²) < 4.78 is 0. The van der Waals surface area contributed by atoms with Crippen LogP contribution >= 0.6 is 0 Å². The first-order valence-electron chi connectivity index (χ1n) is 5.94. The summed E-state index contributed by atoms with van der Waals surface area (Å²) in [6.07, 6.45) is 0.406. The van der Waals surface area contributed by atoms with E-state index in [0.29, 0.717) is 6.42 Å². The molecular formula is C14H22N2O. The lowest BCUT2D eigenvalue weighted by Gasteiger charge is -2.30. The maximum Gasteiger partial charge on any atom is 0.224 e. The number of carbonyl (C=O) groups is 1. The summed E-state index contributed by atoms with van der Waals surface area (Å²) in [5, 5.41) is 2.97. The van der Waals surface area contributed by atoms with Gasteiger partial charge in [0.2, 0.25) is 5.91 Å². The summed E-state index contributed by atoms with van der Waals surface area (Å²) in [6.45, 7) is 7.79. The van der Waals surface area contributed by atoms with Gasteiger partial charge in [-0.25, -0.2) is 0 Å². The lowest BCUT2D eigenvalue weighted by Crippen LogP contribution is -2.54.